The topological polar surface area (TPSA) is 0 Å². The molecule has 18 heavy (non-hydrogen) atoms. The van der Waals surface area contributed by atoms with E-state index in [9.17, 15) is 0 Å². The summed E-state index contributed by atoms with van der Waals surface area (Å²) in [4.78, 5) is 0. The fraction of sp³-hybridized carbons (Fsp3) is 0.944. The van der Waals surface area contributed by atoms with Crippen LogP contribution in [-0.4, -0.2) is 0 Å². The zero-order valence-corrected chi connectivity index (χ0v) is 13.4. The van der Waals surface area contributed by atoms with Gasteiger partial charge in [-0.05, 0) is 18.8 Å². The normalized spacial score (nSPS) is 11.3. The molecule has 0 unspecified atom stereocenters. The van der Waals surface area contributed by atoms with Crippen molar-refractivity contribution in [2.24, 2.45) is 0 Å². The second kappa shape index (κ2) is 15.1. The predicted molar refractivity (Wildman–Crippen MR) is 84.9 cm³/mol. The third-order valence-corrected chi connectivity index (χ3v) is 3.91. The Kier molecular flexibility index (Phi) is 15.1. The standard InChI is InChI=1S/C18H37/c1-4-6-8-9-10-11-12-13-14-15-17-18(3)16-7-5-2/h4-17H2,1-3H3. The molecule has 0 aliphatic heterocycles. The molecule has 0 saturated heterocycles. The van der Waals surface area contributed by atoms with Gasteiger partial charge in [0, 0.05) is 0 Å². The molecule has 1 radical (unpaired) electrons. The lowest BCUT2D eigenvalue weighted by molar-refractivity contribution is 0.545. The first kappa shape index (κ1) is 18.0. The van der Waals surface area contributed by atoms with E-state index in [1.807, 2.05) is 0 Å². The highest BCUT2D eigenvalue weighted by Crippen LogP contribution is 2.18. The van der Waals surface area contributed by atoms with Gasteiger partial charge in [0.05, 0.1) is 0 Å². The Balaban J connectivity index is 3.02. The summed E-state index contributed by atoms with van der Waals surface area (Å²) in [6.45, 7) is 6.93. The molecule has 0 aromatic carbocycles. The van der Waals surface area contributed by atoms with Crippen molar-refractivity contribution in [1.29, 1.82) is 0 Å². The van der Waals surface area contributed by atoms with Crippen LogP contribution >= 0.6 is 0 Å². The molecule has 0 heteroatoms. The van der Waals surface area contributed by atoms with Gasteiger partial charge in [-0.1, -0.05) is 97.8 Å². The van der Waals surface area contributed by atoms with E-state index in [0.717, 1.165) is 0 Å². The van der Waals surface area contributed by atoms with Crippen molar-refractivity contribution in [1.82, 2.24) is 0 Å². The minimum absolute atomic E-state index is 1.34. The first-order chi connectivity index (χ1) is 8.81. The number of hydrogen-bond donors (Lipinski definition) is 0. The molecule has 0 nitrogen and oxygen atoms in total. The number of rotatable bonds is 14. The lowest BCUT2D eigenvalue weighted by atomic mass is 9.97. The van der Waals surface area contributed by atoms with Crippen LogP contribution in [0.15, 0.2) is 0 Å². The van der Waals surface area contributed by atoms with Gasteiger partial charge in [-0.2, -0.15) is 0 Å². The van der Waals surface area contributed by atoms with Crippen molar-refractivity contribution in [3.05, 3.63) is 5.92 Å². The predicted octanol–water partition coefficient (Wildman–Crippen LogP) is 7.08. The second-order valence-corrected chi connectivity index (χ2v) is 5.99. The molecule has 0 rings (SSSR count). The fourth-order valence-corrected chi connectivity index (χ4v) is 2.52. The van der Waals surface area contributed by atoms with Crippen molar-refractivity contribution < 1.29 is 0 Å². The first-order valence-corrected chi connectivity index (χ1v) is 8.62. The Bertz CT molecular complexity index is 139. The van der Waals surface area contributed by atoms with Crippen LogP contribution in [-0.2, 0) is 0 Å². The van der Waals surface area contributed by atoms with E-state index in [2.05, 4.69) is 20.8 Å². The molecular formula is C18H37. The van der Waals surface area contributed by atoms with Crippen molar-refractivity contribution >= 4 is 0 Å². The van der Waals surface area contributed by atoms with Gasteiger partial charge in [-0.3, -0.25) is 0 Å². The summed E-state index contributed by atoms with van der Waals surface area (Å²) in [7, 11) is 0. The smallest absolute Gasteiger partial charge is 0.0272 e. The summed E-state index contributed by atoms with van der Waals surface area (Å²) in [5, 5.41) is 0. The first-order valence-electron chi connectivity index (χ1n) is 8.62. The van der Waals surface area contributed by atoms with Gasteiger partial charge in [0.1, 0.15) is 0 Å². The van der Waals surface area contributed by atoms with Crippen LogP contribution in [0.3, 0.4) is 0 Å². The van der Waals surface area contributed by atoms with Gasteiger partial charge in [0.25, 0.3) is 0 Å². The second-order valence-electron chi connectivity index (χ2n) is 5.99. The Morgan fingerprint density at radius 3 is 1.39 bits per heavy atom. The highest BCUT2D eigenvalue weighted by molar-refractivity contribution is 4.82. The molecule has 0 amide bonds. The zero-order valence-electron chi connectivity index (χ0n) is 13.4. The summed E-state index contributed by atoms with van der Waals surface area (Å²) in [6, 6.07) is 0. The Labute approximate surface area is 117 Å². The van der Waals surface area contributed by atoms with Crippen LogP contribution in [0, 0.1) is 5.92 Å². The maximum absolute atomic E-state index is 2.35. The lowest BCUT2D eigenvalue weighted by Crippen LogP contribution is -1.92. The number of unbranched alkanes of at least 4 members (excludes halogenated alkanes) is 10. The van der Waals surface area contributed by atoms with E-state index in [0.29, 0.717) is 0 Å². The van der Waals surface area contributed by atoms with Crippen LogP contribution in [0.4, 0.5) is 0 Å². The summed E-state index contributed by atoms with van der Waals surface area (Å²) in [6.07, 6.45) is 20.0. The lowest BCUT2D eigenvalue weighted by Gasteiger charge is -2.09. The van der Waals surface area contributed by atoms with Crippen LogP contribution in [0.5, 0.6) is 0 Å². The molecule has 0 aromatic rings. The highest BCUT2D eigenvalue weighted by Gasteiger charge is 2.01. The quantitative estimate of drug-likeness (QED) is 0.290. The fourth-order valence-electron chi connectivity index (χ4n) is 2.52. The molecule has 0 heterocycles. The third kappa shape index (κ3) is 14.1. The van der Waals surface area contributed by atoms with Gasteiger partial charge in [-0.15, -0.1) is 0 Å². The van der Waals surface area contributed by atoms with Crippen molar-refractivity contribution in [3.8, 4) is 0 Å². The van der Waals surface area contributed by atoms with Crippen LogP contribution in [0.1, 0.15) is 111 Å². The maximum Gasteiger partial charge on any atom is -0.0272 e. The van der Waals surface area contributed by atoms with Crippen LogP contribution < -0.4 is 0 Å². The van der Waals surface area contributed by atoms with E-state index in [1.54, 1.807) is 5.92 Å². The van der Waals surface area contributed by atoms with E-state index in [4.69, 9.17) is 0 Å². The molecular weight excluding hydrogens is 216 g/mol. The largest absolute Gasteiger partial charge is 0.0654 e. The van der Waals surface area contributed by atoms with Gasteiger partial charge < -0.3 is 0 Å². The van der Waals surface area contributed by atoms with Crippen molar-refractivity contribution in [2.75, 3.05) is 0 Å². The Morgan fingerprint density at radius 2 is 0.889 bits per heavy atom. The molecule has 0 bridgehead atoms. The summed E-state index contributed by atoms with van der Waals surface area (Å²) >= 11 is 0. The highest BCUT2D eigenvalue weighted by atomic mass is 14.1. The molecule has 0 spiro atoms. The molecule has 0 N–H and O–H groups in total. The minimum atomic E-state index is 1.34. The van der Waals surface area contributed by atoms with Crippen molar-refractivity contribution in [3.63, 3.8) is 0 Å². The maximum atomic E-state index is 2.35. The summed E-state index contributed by atoms with van der Waals surface area (Å²) < 4.78 is 0. The average molecular weight is 253 g/mol. The van der Waals surface area contributed by atoms with E-state index >= 15 is 0 Å². The molecule has 109 valence electrons. The van der Waals surface area contributed by atoms with Gasteiger partial charge in [0.2, 0.25) is 0 Å². The SMILES string of the molecule is CCCCCCCCCCCC[C](C)CCCC. The van der Waals surface area contributed by atoms with Crippen LogP contribution in [0.25, 0.3) is 0 Å². The Morgan fingerprint density at radius 1 is 0.500 bits per heavy atom. The molecule has 0 atom stereocenters. The van der Waals surface area contributed by atoms with Crippen LogP contribution in [0.2, 0.25) is 0 Å². The summed E-state index contributed by atoms with van der Waals surface area (Å²) in [5.74, 6) is 1.73. The zero-order chi connectivity index (χ0) is 13.5. The average Bonchev–Trinajstić information content (AvgIpc) is 2.38. The molecule has 0 fully saturated rings. The molecule has 0 aliphatic carbocycles. The van der Waals surface area contributed by atoms with Gasteiger partial charge in [0.15, 0.2) is 0 Å². The van der Waals surface area contributed by atoms with Gasteiger partial charge >= 0.3 is 0 Å². The van der Waals surface area contributed by atoms with E-state index in [-0.39, 0.29) is 0 Å². The minimum Gasteiger partial charge on any atom is -0.0654 e. The van der Waals surface area contributed by atoms with E-state index in [1.165, 1.54) is 89.9 Å². The molecule has 0 aromatic heterocycles. The summed E-state index contributed by atoms with van der Waals surface area (Å²) in [5.41, 5.74) is 0. The Hall–Kier alpha value is 0. The molecule has 0 aliphatic rings. The third-order valence-electron chi connectivity index (χ3n) is 3.91. The molecule has 0 saturated carbocycles. The van der Waals surface area contributed by atoms with Crippen molar-refractivity contribution in [2.45, 2.75) is 111 Å². The van der Waals surface area contributed by atoms with Gasteiger partial charge in [-0.25, -0.2) is 0 Å². The monoisotopic (exact) mass is 253 g/mol. The van der Waals surface area contributed by atoms with E-state index < -0.39 is 0 Å². The number of hydrogen-bond acceptors (Lipinski definition) is 0.